The highest BCUT2D eigenvalue weighted by atomic mass is 16.5. The van der Waals surface area contributed by atoms with E-state index in [0.717, 1.165) is 44.7 Å². The largest absolute Gasteiger partial charge is 0.383 e. The lowest BCUT2D eigenvalue weighted by atomic mass is 10.1. The monoisotopic (exact) mass is 411 g/mol. The molecular formula is C23H21N7O. The molecule has 154 valence electrons. The average Bonchev–Trinajstić information content (AvgIpc) is 3.21. The summed E-state index contributed by atoms with van der Waals surface area (Å²) in [7, 11) is 1.68. The summed E-state index contributed by atoms with van der Waals surface area (Å²) in [6.45, 7) is 1.92. The molecule has 8 nitrogen and oxygen atoms in total. The van der Waals surface area contributed by atoms with E-state index in [1.807, 2.05) is 47.3 Å². The molecule has 4 aromatic heterocycles. The fourth-order valence-corrected chi connectivity index (χ4v) is 3.45. The van der Waals surface area contributed by atoms with Crippen LogP contribution in [0, 0.1) is 0 Å². The molecule has 0 saturated carbocycles. The number of aromatic nitrogens is 6. The second-order valence-corrected chi connectivity index (χ2v) is 7.17. The van der Waals surface area contributed by atoms with Crippen LogP contribution in [0.3, 0.4) is 0 Å². The number of anilines is 1. The third-order valence-corrected chi connectivity index (χ3v) is 5.03. The molecule has 8 heteroatoms. The third-order valence-electron chi connectivity index (χ3n) is 5.03. The number of pyridine rings is 3. The molecule has 0 fully saturated rings. The first-order chi connectivity index (χ1) is 15.3. The maximum Gasteiger partial charge on any atom is 0.179 e. The Kier molecular flexibility index (Phi) is 5.20. The van der Waals surface area contributed by atoms with Crippen LogP contribution in [0.15, 0.2) is 67.0 Å². The van der Waals surface area contributed by atoms with E-state index in [9.17, 15) is 0 Å². The molecular weight excluding hydrogens is 390 g/mol. The van der Waals surface area contributed by atoms with Crippen molar-refractivity contribution in [2.45, 2.75) is 6.54 Å². The van der Waals surface area contributed by atoms with E-state index in [0.29, 0.717) is 19.7 Å². The summed E-state index contributed by atoms with van der Waals surface area (Å²) in [5.41, 5.74) is 5.36. The van der Waals surface area contributed by atoms with Crippen LogP contribution in [0.1, 0.15) is 5.56 Å². The van der Waals surface area contributed by atoms with Gasteiger partial charge in [0.1, 0.15) is 11.3 Å². The smallest absolute Gasteiger partial charge is 0.179 e. The Morgan fingerprint density at radius 3 is 2.81 bits per heavy atom. The second kappa shape index (κ2) is 8.45. The van der Waals surface area contributed by atoms with E-state index in [2.05, 4.69) is 43.8 Å². The van der Waals surface area contributed by atoms with Gasteiger partial charge in [0.15, 0.2) is 5.65 Å². The molecule has 5 aromatic rings. The van der Waals surface area contributed by atoms with Crippen molar-refractivity contribution in [3.05, 3.63) is 72.6 Å². The van der Waals surface area contributed by atoms with Gasteiger partial charge in [0, 0.05) is 37.0 Å². The topological polar surface area (TPSA) is 90.6 Å². The molecule has 4 heterocycles. The number of benzene rings is 1. The van der Waals surface area contributed by atoms with Crippen LogP contribution in [0.4, 0.5) is 5.82 Å². The van der Waals surface area contributed by atoms with Crippen molar-refractivity contribution in [2.75, 3.05) is 25.6 Å². The van der Waals surface area contributed by atoms with Gasteiger partial charge in [-0.25, -0.2) is 14.6 Å². The van der Waals surface area contributed by atoms with Crippen molar-refractivity contribution in [2.24, 2.45) is 0 Å². The lowest BCUT2D eigenvalue weighted by molar-refractivity contribution is 0.210. The van der Waals surface area contributed by atoms with Crippen molar-refractivity contribution in [1.82, 2.24) is 29.9 Å². The number of hydrogen-bond acceptors (Lipinski definition) is 7. The molecule has 1 N–H and O–H groups in total. The van der Waals surface area contributed by atoms with Crippen molar-refractivity contribution in [1.29, 1.82) is 0 Å². The Morgan fingerprint density at radius 2 is 1.94 bits per heavy atom. The van der Waals surface area contributed by atoms with Crippen molar-refractivity contribution in [3.63, 3.8) is 0 Å². The molecule has 0 unspecified atom stereocenters. The van der Waals surface area contributed by atoms with Gasteiger partial charge in [-0.15, -0.1) is 5.10 Å². The van der Waals surface area contributed by atoms with Crippen molar-refractivity contribution in [3.8, 4) is 11.3 Å². The number of nitrogens with zero attached hydrogens (tertiary/aromatic N) is 6. The Bertz CT molecular complexity index is 1330. The lowest BCUT2D eigenvalue weighted by Gasteiger charge is -2.07. The van der Waals surface area contributed by atoms with Gasteiger partial charge in [-0.05, 0) is 48.0 Å². The molecule has 0 spiro atoms. The zero-order chi connectivity index (χ0) is 21.0. The van der Waals surface area contributed by atoms with E-state index >= 15 is 0 Å². The first-order valence-electron chi connectivity index (χ1n) is 10.0. The minimum atomic E-state index is 0.582. The molecule has 0 saturated heterocycles. The van der Waals surface area contributed by atoms with Crippen LogP contribution in [0.25, 0.3) is 33.3 Å². The van der Waals surface area contributed by atoms with E-state index in [-0.39, 0.29) is 0 Å². The summed E-state index contributed by atoms with van der Waals surface area (Å²) < 4.78 is 6.87. The predicted molar refractivity (Wildman–Crippen MR) is 120 cm³/mol. The molecule has 0 aliphatic heterocycles. The van der Waals surface area contributed by atoms with Crippen LogP contribution in [-0.4, -0.2) is 50.2 Å². The average molecular weight is 411 g/mol. The zero-order valence-corrected chi connectivity index (χ0v) is 17.1. The molecule has 0 bridgehead atoms. The standard InChI is InChI=1S/C23H21N7O/c1-31-12-11-25-22-9-5-18(14-26-22)20-7-8-21-23(27-20)30(29-28-21)15-16-4-6-19-17(13-16)3-2-10-24-19/h2-10,13-14H,11-12,15H2,1H3,(H,25,26). The molecule has 5 rings (SSSR count). The quantitative estimate of drug-likeness (QED) is 0.410. The number of fused-ring (bicyclic) bond motifs is 2. The van der Waals surface area contributed by atoms with Gasteiger partial charge < -0.3 is 10.1 Å². The van der Waals surface area contributed by atoms with Gasteiger partial charge in [-0.1, -0.05) is 17.3 Å². The zero-order valence-electron chi connectivity index (χ0n) is 17.1. The minimum absolute atomic E-state index is 0.582. The lowest BCUT2D eigenvalue weighted by Crippen LogP contribution is -2.08. The predicted octanol–water partition coefficient (Wildman–Crippen LogP) is 3.54. The van der Waals surface area contributed by atoms with Crippen LogP contribution in [0.5, 0.6) is 0 Å². The van der Waals surface area contributed by atoms with Gasteiger partial charge >= 0.3 is 0 Å². The SMILES string of the molecule is COCCNc1ccc(-c2ccc3nnn(Cc4ccc5ncccc5c4)c3n2)cn1. The van der Waals surface area contributed by atoms with Crippen LogP contribution in [0.2, 0.25) is 0 Å². The second-order valence-electron chi connectivity index (χ2n) is 7.17. The van der Waals surface area contributed by atoms with Crippen molar-refractivity contribution < 1.29 is 4.74 Å². The number of hydrogen-bond donors (Lipinski definition) is 1. The van der Waals surface area contributed by atoms with Crippen LogP contribution < -0.4 is 5.32 Å². The van der Waals surface area contributed by atoms with Gasteiger partial charge in [0.05, 0.1) is 24.4 Å². The first kappa shape index (κ1) is 19.1. The van der Waals surface area contributed by atoms with Gasteiger partial charge in [0.25, 0.3) is 0 Å². The Hall–Kier alpha value is -3.91. The van der Waals surface area contributed by atoms with E-state index in [1.54, 1.807) is 13.3 Å². The summed E-state index contributed by atoms with van der Waals surface area (Å²) in [5.74, 6) is 0.805. The summed E-state index contributed by atoms with van der Waals surface area (Å²) in [6, 6.07) is 18.0. The fraction of sp³-hybridized carbons (Fsp3) is 0.174. The van der Waals surface area contributed by atoms with E-state index < -0.39 is 0 Å². The van der Waals surface area contributed by atoms with Crippen LogP contribution in [-0.2, 0) is 11.3 Å². The number of nitrogens with one attached hydrogen (secondary N) is 1. The van der Waals surface area contributed by atoms with E-state index in [1.165, 1.54) is 0 Å². The highest BCUT2D eigenvalue weighted by Crippen LogP contribution is 2.21. The summed E-state index contributed by atoms with van der Waals surface area (Å²) in [6.07, 6.45) is 3.61. The molecule has 0 radical (unpaired) electrons. The Morgan fingerprint density at radius 1 is 1.00 bits per heavy atom. The fourth-order valence-electron chi connectivity index (χ4n) is 3.45. The number of methoxy groups -OCH3 is 1. The summed E-state index contributed by atoms with van der Waals surface area (Å²) in [5, 5.41) is 12.9. The molecule has 0 aliphatic carbocycles. The summed E-state index contributed by atoms with van der Waals surface area (Å²) in [4.78, 5) is 13.7. The maximum absolute atomic E-state index is 5.05. The van der Waals surface area contributed by atoms with Gasteiger partial charge in [-0.3, -0.25) is 4.98 Å². The summed E-state index contributed by atoms with van der Waals surface area (Å²) >= 11 is 0. The maximum atomic E-state index is 5.05. The molecule has 31 heavy (non-hydrogen) atoms. The highest BCUT2D eigenvalue weighted by Gasteiger charge is 2.10. The number of ether oxygens (including phenoxy) is 1. The number of rotatable bonds is 7. The van der Waals surface area contributed by atoms with Gasteiger partial charge in [-0.2, -0.15) is 0 Å². The Balaban J connectivity index is 1.41. The van der Waals surface area contributed by atoms with Crippen molar-refractivity contribution >= 4 is 27.9 Å². The Labute approximate surface area is 178 Å². The molecule has 0 atom stereocenters. The normalized spacial score (nSPS) is 11.3. The van der Waals surface area contributed by atoms with E-state index in [4.69, 9.17) is 9.72 Å². The highest BCUT2D eigenvalue weighted by molar-refractivity contribution is 5.79. The first-order valence-corrected chi connectivity index (χ1v) is 10.0. The molecule has 0 aliphatic rings. The minimum Gasteiger partial charge on any atom is -0.383 e. The molecule has 1 aromatic carbocycles. The third kappa shape index (κ3) is 4.06. The van der Waals surface area contributed by atoms with Gasteiger partial charge in [0.2, 0.25) is 0 Å². The van der Waals surface area contributed by atoms with Crippen LogP contribution >= 0.6 is 0 Å². The molecule has 0 amide bonds.